The summed E-state index contributed by atoms with van der Waals surface area (Å²) in [7, 11) is 0. The van der Waals surface area contributed by atoms with Crippen LogP contribution in [0.15, 0.2) is 65.7 Å². The second kappa shape index (κ2) is 12.7. The number of unbranched alkanes of at least 4 members (excludes halogenated alkanes) is 1. The summed E-state index contributed by atoms with van der Waals surface area (Å²) in [6.45, 7) is 11.4. The van der Waals surface area contributed by atoms with E-state index in [2.05, 4.69) is 66.0 Å². The molecular formula is C28H31N5O2S2. The number of hydrogen-bond donors (Lipinski definition) is 1. The number of carbonyl (C=O) groups is 1. The minimum atomic E-state index is -0.144. The topological polar surface area (TPSA) is 81.9 Å². The number of aromatic nitrogens is 4. The molecule has 1 N–H and O–H groups in total. The van der Waals surface area contributed by atoms with Gasteiger partial charge in [-0.1, -0.05) is 43.3 Å². The first kappa shape index (κ1) is 26.6. The number of thioether (sulfide) groups is 1. The summed E-state index contributed by atoms with van der Waals surface area (Å²) < 4.78 is 7.72. The molecule has 0 aliphatic rings. The first-order valence-electron chi connectivity index (χ1n) is 12.2. The lowest BCUT2D eigenvalue weighted by Gasteiger charge is -2.09. The molecule has 0 saturated carbocycles. The lowest BCUT2D eigenvalue weighted by Crippen LogP contribution is -2.14. The minimum Gasteiger partial charge on any atom is -0.494 e. The highest BCUT2D eigenvalue weighted by Gasteiger charge is 2.16. The van der Waals surface area contributed by atoms with Crippen LogP contribution < -0.4 is 10.1 Å². The maximum Gasteiger partial charge on any atom is 0.236 e. The summed E-state index contributed by atoms with van der Waals surface area (Å²) in [5.41, 5.74) is 5.28. The molecule has 2 aromatic carbocycles. The average molecular weight is 534 g/mol. The third-order valence-corrected chi connectivity index (χ3v) is 7.52. The van der Waals surface area contributed by atoms with Gasteiger partial charge in [0.1, 0.15) is 5.75 Å². The molecule has 0 fully saturated rings. The zero-order chi connectivity index (χ0) is 26.2. The van der Waals surface area contributed by atoms with Crippen LogP contribution in [0, 0.1) is 13.8 Å². The van der Waals surface area contributed by atoms with Gasteiger partial charge in [0.05, 0.1) is 18.1 Å². The molecule has 4 aromatic rings. The van der Waals surface area contributed by atoms with E-state index in [-0.39, 0.29) is 11.7 Å². The van der Waals surface area contributed by atoms with Crippen molar-refractivity contribution in [3.05, 3.63) is 71.6 Å². The Kier molecular flexibility index (Phi) is 9.14. The molecule has 9 heteroatoms. The van der Waals surface area contributed by atoms with E-state index in [0.29, 0.717) is 23.4 Å². The maximum atomic E-state index is 12.7. The van der Waals surface area contributed by atoms with E-state index in [1.807, 2.05) is 34.2 Å². The van der Waals surface area contributed by atoms with Crippen molar-refractivity contribution < 1.29 is 9.53 Å². The molecule has 2 aromatic heterocycles. The minimum absolute atomic E-state index is 0.144. The van der Waals surface area contributed by atoms with E-state index < -0.39 is 0 Å². The first-order chi connectivity index (χ1) is 18.0. The van der Waals surface area contributed by atoms with Gasteiger partial charge in [0.25, 0.3) is 0 Å². The molecule has 0 bridgehead atoms. The number of carbonyl (C=O) groups excluding carboxylic acids is 1. The monoisotopic (exact) mass is 533 g/mol. The summed E-state index contributed by atoms with van der Waals surface area (Å²) in [4.78, 5) is 17.3. The summed E-state index contributed by atoms with van der Waals surface area (Å²) in [6.07, 6.45) is 3.92. The van der Waals surface area contributed by atoms with Crippen LogP contribution in [-0.4, -0.2) is 38.0 Å². The zero-order valence-corrected chi connectivity index (χ0v) is 23.0. The molecule has 0 spiro atoms. The van der Waals surface area contributed by atoms with Gasteiger partial charge in [-0.2, -0.15) is 0 Å². The van der Waals surface area contributed by atoms with Crippen molar-refractivity contribution in [1.82, 2.24) is 19.7 Å². The van der Waals surface area contributed by atoms with E-state index >= 15 is 0 Å². The lowest BCUT2D eigenvalue weighted by atomic mass is 10.1. The molecule has 4 rings (SSSR count). The number of benzene rings is 2. The third kappa shape index (κ3) is 6.87. The summed E-state index contributed by atoms with van der Waals surface area (Å²) in [5.74, 6) is 1.61. The van der Waals surface area contributed by atoms with Gasteiger partial charge >= 0.3 is 0 Å². The highest BCUT2D eigenvalue weighted by molar-refractivity contribution is 7.99. The second-order valence-corrected chi connectivity index (χ2v) is 10.4. The van der Waals surface area contributed by atoms with Gasteiger partial charge in [0, 0.05) is 23.1 Å². The molecule has 0 aliphatic heterocycles. The number of hydrogen-bond acceptors (Lipinski definition) is 7. The normalized spacial score (nSPS) is 10.9. The van der Waals surface area contributed by atoms with E-state index in [1.165, 1.54) is 34.2 Å². The Morgan fingerprint density at radius 2 is 1.92 bits per heavy atom. The largest absolute Gasteiger partial charge is 0.494 e. The van der Waals surface area contributed by atoms with Gasteiger partial charge < -0.3 is 10.1 Å². The molecule has 1 amide bonds. The molecular weight excluding hydrogens is 502 g/mol. The number of amides is 1. The van der Waals surface area contributed by atoms with Crippen LogP contribution in [0.4, 0.5) is 5.13 Å². The lowest BCUT2D eigenvalue weighted by molar-refractivity contribution is -0.113. The Balaban J connectivity index is 1.38. The molecule has 0 aliphatic carbocycles. The predicted molar refractivity (Wildman–Crippen MR) is 152 cm³/mol. The maximum absolute atomic E-state index is 12.7. The van der Waals surface area contributed by atoms with Gasteiger partial charge in [-0.25, -0.2) is 4.98 Å². The number of anilines is 1. The Bertz CT molecular complexity index is 1360. The van der Waals surface area contributed by atoms with Gasteiger partial charge in [-0.05, 0) is 61.7 Å². The van der Waals surface area contributed by atoms with Crippen molar-refractivity contribution >= 4 is 34.1 Å². The van der Waals surface area contributed by atoms with Gasteiger partial charge in [-0.15, -0.1) is 28.1 Å². The van der Waals surface area contributed by atoms with Crippen molar-refractivity contribution in [2.75, 3.05) is 17.7 Å². The molecule has 192 valence electrons. The number of thiazole rings is 1. The summed E-state index contributed by atoms with van der Waals surface area (Å²) in [5, 5.41) is 14.8. The Labute approximate surface area is 226 Å². The van der Waals surface area contributed by atoms with Crippen LogP contribution in [0.2, 0.25) is 0 Å². The standard InChI is InChI=1S/C28H31N5O2S2/c1-5-7-15-35-23-12-10-21(11-13-23)26-31-32-28(33(26)14-6-2)37-18-25(34)30-27-29-24(17-36-27)22-9-8-19(3)20(4)16-22/h6,8-13,16-17H,2,5,7,14-15,18H2,1,3-4H3,(H,29,30,34). The fraction of sp³-hybridized carbons (Fsp3) is 0.286. The third-order valence-electron chi connectivity index (χ3n) is 5.79. The summed E-state index contributed by atoms with van der Waals surface area (Å²) in [6, 6.07) is 14.1. The number of aryl methyl sites for hydroxylation is 2. The number of nitrogens with one attached hydrogen (secondary N) is 1. The van der Waals surface area contributed by atoms with Gasteiger partial charge in [0.2, 0.25) is 5.91 Å². The molecule has 0 saturated heterocycles. The van der Waals surface area contributed by atoms with Crippen molar-refractivity contribution in [2.24, 2.45) is 0 Å². The van der Waals surface area contributed by atoms with Crippen LogP contribution >= 0.6 is 23.1 Å². The Morgan fingerprint density at radius 1 is 1.14 bits per heavy atom. The van der Waals surface area contributed by atoms with Crippen molar-refractivity contribution in [2.45, 2.75) is 45.3 Å². The fourth-order valence-corrected chi connectivity index (χ4v) is 5.07. The van der Waals surface area contributed by atoms with Gasteiger partial charge in [-0.3, -0.25) is 9.36 Å². The summed E-state index contributed by atoms with van der Waals surface area (Å²) >= 11 is 2.75. The molecule has 0 atom stereocenters. The average Bonchev–Trinajstić information content (AvgIpc) is 3.52. The number of nitrogens with zero attached hydrogens (tertiary/aromatic N) is 4. The van der Waals surface area contributed by atoms with Crippen molar-refractivity contribution in [3.63, 3.8) is 0 Å². The second-order valence-electron chi connectivity index (χ2n) is 8.61. The number of ether oxygens (including phenoxy) is 1. The predicted octanol–water partition coefficient (Wildman–Crippen LogP) is 6.78. The van der Waals surface area contributed by atoms with Gasteiger partial charge in [0.15, 0.2) is 16.1 Å². The molecule has 7 nitrogen and oxygen atoms in total. The Hall–Kier alpha value is -3.43. The zero-order valence-electron chi connectivity index (χ0n) is 21.4. The van der Waals surface area contributed by atoms with E-state index in [1.54, 1.807) is 6.08 Å². The highest BCUT2D eigenvalue weighted by Crippen LogP contribution is 2.28. The van der Waals surface area contributed by atoms with Crippen LogP contribution in [0.25, 0.3) is 22.6 Å². The number of rotatable bonds is 12. The molecule has 0 unspecified atom stereocenters. The van der Waals surface area contributed by atoms with Crippen LogP contribution in [0.3, 0.4) is 0 Å². The van der Waals surface area contributed by atoms with Crippen LogP contribution in [-0.2, 0) is 11.3 Å². The molecule has 37 heavy (non-hydrogen) atoms. The fourth-order valence-electron chi connectivity index (χ4n) is 3.59. The quantitative estimate of drug-likeness (QED) is 0.123. The molecule has 0 radical (unpaired) electrons. The van der Waals surface area contributed by atoms with Crippen molar-refractivity contribution in [1.29, 1.82) is 0 Å². The smallest absolute Gasteiger partial charge is 0.236 e. The first-order valence-corrected chi connectivity index (χ1v) is 14.1. The van der Waals surface area contributed by atoms with E-state index in [9.17, 15) is 4.79 Å². The van der Waals surface area contributed by atoms with Crippen LogP contribution in [0.1, 0.15) is 30.9 Å². The Morgan fingerprint density at radius 3 is 2.65 bits per heavy atom. The number of allylic oxidation sites excluding steroid dienone is 1. The highest BCUT2D eigenvalue weighted by atomic mass is 32.2. The van der Waals surface area contributed by atoms with E-state index in [0.717, 1.165) is 41.2 Å². The van der Waals surface area contributed by atoms with Crippen molar-refractivity contribution in [3.8, 4) is 28.4 Å². The SMILES string of the molecule is C=CCn1c(SCC(=O)Nc2nc(-c3ccc(C)c(C)c3)cs2)nnc1-c1ccc(OCCCC)cc1. The van der Waals surface area contributed by atoms with Crippen LogP contribution in [0.5, 0.6) is 5.75 Å². The van der Waals surface area contributed by atoms with E-state index in [4.69, 9.17) is 4.74 Å². The molecule has 2 heterocycles.